The summed E-state index contributed by atoms with van der Waals surface area (Å²) >= 11 is 0. The molecule has 4 aliphatic carbocycles. The van der Waals surface area contributed by atoms with E-state index in [-0.39, 0.29) is 59.0 Å². The van der Waals surface area contributed by atoms with Gasteiger partial charge in [0.15, 0.2) is 9.84 Å². The number of carbonyl (C=O) groups excluding carboxylic acids is 5. The van der Waals surface area contributed by atoms with Crippen molar-refractivity contribution < 1.29 is 32.4 Å². The number of piperidine rings is 1. The maximum atomic E-state index is 14.7. The lowest BCUT2D eigenvalue weighted by atomic mass is 9.82. The second-order valence-electron chi connectivity index (χ2n) is 17.6. The Hall–Kier alpha value is -2.96. The van der Waals surface area contributed by atoms with Gasteiger partial charge in [-0.05, 0) is 73.5 Å². The lowest BCUT2D eigenvalue weighted by Gasteiger charge is -2.40. The second-order valence-corrected chi connectivity index (χ2v) is 19.8. The first-order chi connectivity index (χ1) is 24.6. The molecule has 0 aromatic carbocycles. The molecule has 13 heteroatoms. The van der Waals surface area contributed by atoms with E-state index in [9.17, 15) is 32.4 Å². The molecular formula is C39H63N5O7S. The Morgan fingerprint density at radius 1 is 0.923 bits per heavy atom. The van der Waals surface area contributed by atoms with E-state index in [0.29, 0.717) is 32.2 Å². The molecule has 5 fully saturated rings. The van der Waals surface area contributed by atoms with Crippen molar-refractivity contribution in [3.8, 4) is 0 Å². The molecule has 3 unspecified atom stereocenters. The van der Waals surface area contributed by atoms with E-state index < -0.39 is 57.1 Å². The summed E-state index contributed by atoms with van der Waals surface area (Å²) in [6.07, 6.45) is 12.4. The monoisotopic (exact) mass is 745 g/mol. The van der Waals surface area contributed by atoms with Crippen LogP contribution >= 0.6 is 0 Å². The first kappa shape index (κ1) is 40.2. The van der Waals surface area contributed by atoms with Gasteiger partial charge in [0.05, 0.1) is 23.1 Å². The zero-order valence-electron chi connectivity index (χ0n) is 31.8. The van der Waals surface area contributed by atoms with Gasteiger partial charge in [-0.2, -0.15) is 0 Å². The average molecular weight is 746 g/mol. The third-order valence-electron chi connectivity index (χ3n) is 12.7. The number of hydrogen-bond donors (Lipinski definition) is 4. The van der Waals surface area contributed by atoms with Crippen molar-refractivity contribution in [2.45, 2.75) is 141 Å². The highest BCUT2D eigenvalue weighted by Gasteiger charge is 2.70. The van der Waals surface area contributed by atoms with E-state index in [1.807, 2.05) is 13.8 Å². The van der Waals surface area contributed by atoms with Crippen molar-refractivity contribution in [1.29, 1.82) is 0 Å². The standard InChI is InChI=1S/C39H63N5O7S/c1-6-20-40-35(47)33(45)29(22-26-15-16-26)41-34(46)32-30-28(38(30,4)5)23-44(32)36(48)31(27-13-9-7-10-14-27)42-37(49)43-39(18-11-8-12-19-39)24-52(50,51)21-17-25(2)3/h6,25-32H,1,7-24H2,2-5H3,(H,40,47)(H,41,46)(H2,42,43,49)/t28?,29?,30?,31-,32-/m0/s1. The molecule has 5 amide bonds. The number of likely N-dealkylation sites (tertiary alicyclic amines) is 1. The molecule has 5 atom stereocenters. The molecule has 0 bridgehead atoms. The Bertz CT molecular complexity index is 1460. The van der Waals surface area contributed by atoms with Crippen molar-refractivity contribution in [3.05, 3.63) is 12.7 Å². The van der Waals surface area contributed by atoms with Crippen molar-refractivity contribution in [1.82, 2.24) is 26.2 Å². The fraction of sp³-hybridized carbons (Fsp3) is 0.821. The lowest BCUT2D eigenvalue weighted by Crippen LogP contribution is -2.63. The van der Waals surface area contributed by atoms with E-state index in [4.69, 9.17) is 0 Å². The van der Waals surface area contributed by atoms with E-state index in [1.54, 1.807) is 4.90 Å². The number of nitrogens with one attached hydrogen (secondary N) is 4. The zero-order chi connectivity index (χ0) is 37.8. The third-order valence-corrected chi connectivity index (χ3v) is 14.5. The van der Waals surface area contributed by atoms with Gasteiger partial charge in [-0.15, -0.1) is 6.58 Å². The molecule has 0 aromatic heterocycles. The number of urea groups is 1. The number of hydrogen-bond acceptors (Lipinski definition) is 7. The summed E-state index contributed by atoms with van der Waals surface area (Å²) < 4.78 is 26.6. The summed E-state index contributed by atoms with van der Waals surface area (Å²) in [7, 11) is -3.43. The van der Waals surface area contributed by atoms with Gasteiger partial charge in [0.2, 0.25) is 17.6 Å². The molecule has 5 aliphatic rings. The molecular weight excluding hydrogens is 683 g/mol. The molecule has 1 aliphatic heterocycles. The zero-order valence-corrected chi connectivity index (χ0v) is 32.7. The second kappa shape index (κ2) is 16.6. The summed E-state index contributed by atoms with van der Waals surface area (Å²) in [5.74, 6) is -1.95. The topological polar surface area (TPSA) is 171 Å². The van der Waals surface area contributed by atoms with Crippen LogP contribution in [0.1, 0.15) is 118 Å². The number of rotatable bonds is 17. The smallest absolute Gasteiger partial charge is 0.315 e. The van der Waals surface area contributed by atoms with E-state index in [2.05, 4.69) is 41.7 Å². The van der Waals surface area contributed by atoms with Crippen molar-refractivity contribution in [2.24, 2.45) is 35.0 Å². The molecule has 0 aromatic rings. The van der Waals surface area contributed by atoms with E-state index in [1.165, 1.54) is 6.08 Å². The summed E-state index contributed by atoms with van der Waals surface area (Å²) in [6, 6.07) is -3.27. The largest absolute Gasteiger partial charge is 0.346 e. The van der Waals surface area contributed by atoms with Crippen LogP contribution in [0.15, 0.2) is 12.7 Å². The van der Waals surface area contributed by atoms with Crippen molar-refractivity contribution >= 4 is 39.4 Å². The Balaban J connectivity index is 1.35. The highest BCUT2D eigenvalue weighted by molar-refractivity contribution is 7.91. The Kier molecular flexibility index (Phi) is 12.8. The highest BCUT2D eigenvalue weighted by Crippen LogP contribution is 2.65. The molecule has 292 valence electrons. The summed E-state index contributed by atoms with van der Waals surface area (Å²) in [6.45, 7) is 12.2. The van der Waals surface area contributed by atoms with Gasteiger partial charge in [-0.1, -0.05) is 85.1 Å². The van der Waals surface area contributed by atoms with E-state index in [0.717, 1.165) is 64.2 Å². The first-order valence-electron chi connectivity index (χ1n) is 19.9. The minimum atomic E-state index is -3.43. The fourth-order valence-electron chi connectivity index (χ4n) is 9.29. The summed E-state index contributed by atoms with van der Waals surface area (Å²) in [4.78, 5) is 70.4. The predicted octanol–water partition coefficient (Wildman–Crippen LogP) is 4.04. The van der Waals surface area contributed by atoms with Crippen LogP contribution in [0.3, 0.4) is 0 Å². The molecule has 1 saturated heterocycles. The van der Waals surface area contributed by atoms with E-state index >= 15 is 0 Å². The van der Waals surface area contributed by atoms with Crippen LogP contribution < -0.4 is 21.3 Å². The third kappa shape index (κ3) is 9.77. The van der Waals surface area contributed by atoms with Gasteiger partial charge >= 0.3 is 6.03 Å². The number of nitrogens with zero attached hydrogens (tertiary/aromatic N) is 1. The van der Waals surface area contributed by atoms with Crippen molar-refractivity contribution in [2.75, 3.05) is 24.6 Å². The first-order valence-corrected chi connectivity index (χ1v) is 21.7. The van der Waals surface area contributed by atoms with Gasteiger partial charge in [0.1, 0.15) is 12.1 Å². The predicted molar refractivity (Wildman–Crippen MR) is 200 cm³/mol. The molecule has 0 radical (unpaired) electrons. The number of carbonyl (C=O) groups is 5. The van der Waals surface area contributed by atoms with Crippen LogP contribution in [0.4, 0.5) is 4.79 Å². The van der Waals surface area contributed by atoms with Gasteiger partial charge < -0.3 is 26.2 Å². The van der Waals surface area contributed by atoms with Crippen LogP contribution in [0.2, 0.25) is 0 Å². The number of fused-ring (bicyclic) bond motifs is 1. The lowest BCUT2D eigenvalue weighted by molar-refractivity contribution is -0.144. The number of Topliss-reactive ketones (excluding diaryl/α,β-unsaturated/α-hetero) is 1. The molecule has 52 heavy (non-hydrogen) atoms. The highest BCUT2D eigenvalue weighted by atomic mass is 32.2. The molecule has 5 rings (SSSR count). The Labute approximate surface area is 310 Å². The van der Waals surface area contributed by atoms with Gasteiger partial charge in [-0.3, -0.25) is 19.2 Å². The Morgan fingerprint density at radius 2 is 1.58 bits per heavy atom. The van der Waals surface area contributed by atoms with Crippen LogP contribution in [0.25, 0.3) is 0 Å². The van der Waals surface area contributed by atoms with Crippen molar-refractivity contribution in [3.63, 3.8) is 0 Å². The number of ketones is 1. The minimum Gasteiger partial charge on any atom is -0.346 e. The van der Waals surface area contributed by atoms with Gasteiger partial charge in [0.25, 0.3) is 5.91 Å². The minimum absolute atomic E-state index is 0.0720. The van der Waals surface area contributed by atoms with Gasteiger partial charge in [0, 0.05) is 13.1 Å². The quantitative estimate of drug-likeness (QED) is 0.129. The fourth-order valence-corrected chi connectivity index (χ4v) is 11.5. The molecule has 0 spiro atoms. The molecule has 1 heterocycles. The van der Waals surface area contributed by atoms with Crippen LogP contribution in [0, 0.1) is 35.0 Å². The number of amides is 5. The van der Waals surface area contributed by atoms with Crippen LogP contribution in [-0.4, -0.2) is 91.1 Å². The average Bonchev–Trinajstić information content (AvgIpc) is 3.95. The molecule has 4 N–H and O–H groups in total. The SMILES string of the molecule is C=CCNC(=O)C(=O)C(CC1CC1)NC(=O)[C@@H]1C2C(CN1C(=O)[C@@H](NC(=O)NC1(CS(=O)(=O)CCC(C)C)CCCCC1)C1CCCCC1)C2(C)C. The van der Waals surface area contributed by atoms with Gasteiger partial charge in [-0.25, -0.2) is 13.2 Å². The number of sulfone groups is 1. The van der Waals surface area contributed by atoms with Crippen LogP contribution in [0.5, 0.6) is 0 Å². The summed E-state index contributed by atoms with van der Waals surface area (Å²) in [5, 5.41) is 11.5. The van der Waals surface area contributed by atoms with Crippen LogP contribution in [-0.2, 0) is 29.0 Å². The summed E-state index contributed by atoms with van der Waals surface area (Å²) in [5.41, 5.74) is -1.09. The molecule has 4 saturated carbocycles. The molecule has 12 nitrogen and oxygen atoms in total. The maximum absolute atomic E-state index is 14.7. The normalized spacial score (nSPS) is 26.4. The Morgan fingerprint density at radius 3 is 2.19 bits per heavy atom. The maximum Gasteiger partial charge on any atom is 0.315 e.